The van der Waals surface area contributed by atoms with E-state index < -0.39 is 23.2 Å². The number of carbonyl (C=O) groups is 2. The van der Waals surface area contributed by atoms with E-state index in [1.165, 1.54) is 4.90 Å². The summed E-state index contributed by atoms with van der Waals surface area (Å²) in [6.07, 6.45) is 3.39. The lowest BCUT2D eigenvalue weighted by atomic mass is 9.70. The third kappa shape index (κ3) is 3.25. The molecule has 1 saturated carbocycles. The number of hydrogen-bond acceptors (Lipinski definition) is 3. The molecule has 2 unspecified atom stereocenters. The van der Waals surface area contributed by atoms with Gasteiger partial charge < -0.3 is 9.84 Å². The Morgan fingerprint density at radius 3 is 2.40 bits per heavy atom. The number of amides is 1. The van der Waals surface area contributed by atoms with Gasteiger partial charge in [0.1, 0.15) is 11.1 Å². The molecule has 0 saturated heterocycles. The number of nitrogens with zero attached hydrogens (tertiary/aromatic N) is 1. The Kier molecular flexibility index (Phi) is 5.05. The van der Waals surface area contributed by atoms with E-state index in [0.29, 0.717) is 6.42 Å². The van der Waals surface area contributed by atoms with Crippen LogP contribution in [-0.4, -0.2) is 40.3 Å². The van der Waals surface area contributed by atoms with Crippen LogP contribution in [0.4, 0.5) is 4.79 Å². The summed E-state index contributed by atoms with van der Waals surface area (Å²) in [6, 6.07) is 0. The topological polar surface area (TPSA) is 66.8 Å². The summed E-state index contributed by atoms with van der Waals surface area (Å²) < 4.78 is 5.34. The molecule has 0 aromatic heterocycles. The predicted octanol–water partition coefficient (Wildman–Crippen LogP) is 3.28. The normalized spacial score (nSPS) is 26.9. The molecular weight excluding hydrogens is 258 g/mol. The molecule has 0 aromatic rings. The molecule has 0 spiro atoms. The summed E-state index contributed by atoms with van der Waals surface area (Å²) in [5, 5.41) is 9.76. The summed E-state index contributed by atoms with van der Waals surface area (Å²) in [5.41, 5.74) is -1.75. The van der Waals surface area contributed by atoms with Crippen molar-refractivity contribution in [3.05, 3.63) is 0 Å². The number of hydrogen-bond donors (Lipinski definition) is 1. The number of carboxylic acid groups (broad SMARTS) is 1. The Balaban J connectivity index is 3.05. The van der Waals surface area contributed by atoms with Crippen LogP contribution in [0.1, 0.15) is 59.8 Å². The lowest BCUT2D eigenvalue weighted by Crippen LogP contribution is -2.61. The number of likely N-dealkylation sites (N-methyl/N-ethyl adjacent to an activating group) is 1. The Bertz CT molecular complexity index is 375. The monoisotopic (exact) mass is 285 g/mol. The number of carbonyl (C=O) groups excluding carboxylic acids is 1. The van der Waals surface area contributed by atoms with Crippen molar-refractivity contribution < 1.29 is 19.4 Å². The molecule has 2 atom stereocenters. The first-order chi connectivity index (χ1) is 9.15. The van der Waals surface area contributed by atoms with Gasteiger partial charge in [-0.05, 0) is 39.5 Å². The molecule has 5 nitrogen and oxygen atoms in total. The molecule has 1 rings (SSSR count). The maximum Gasteiger partial charge on any atom is 0.410 e. The fourth-order valence-corrected chi connectivity index (χ4v) is 3.13. The molecule has 0 bridgehead atoms. The lowest BCUT2D eigenvalue weighted by Gasteiger charge is -2.46. The van der Waals surface area contributed by atoms with E-state index in [0.717, 1.165) is 25.7 Å². The Morgan fingerprint density at radius 1 is 1.35 bits per heavy atom. The quantitative estimate of drug-likeness (QED) is 0.864. The molecule has 1 N–H and O–H groups in total. The highest BCUT2D eigenvalue weighted by atomic mass is 16.6. The third-order valence-electron chi connectivity index (χ3n) is 4.16. The van der Waals surface area contributed by atoms with Gasteiger partial charge in [-0.1, -0.05) is 26.2 Å². The highest BCUT2D eigenvalue weighted by Gasteiger charge is 2.52. The third-order valence-corrected chi connectivity index (χ3v) is 4.16. The number of rotatable bonds is 3. The molecule has 5 heteroatoms. The predicted molar refractivity (Wildman–Crippen MR) is 76.6 cm³/mol. The number of carboxylic acids is 1. The zero-order valence-corrected chi connectivity index (χ0v) is 13.2. The molecule has 0 radical (unpaired) electrons. The largest absolute Gasteiger partial charge is 0.479 e. The zero-order valence-electron chi connectivity index (χ0n) is 13.2. The SMILES string of the molecule is CCC1CCCCC1(C(=O)O)N(C)C(=O)OC(C)(C)C. The minimum absolute atomic E-state index is 0.0220. The second-order valence-electron chi connectivity index (χ2n) is 6.62. The van der Waals surface area contributed by atoms with Crippen molar-refractivity contribution in [2.24, 2.45) is 5.92 Å². The Morgan fingerprint density at radius 2 is 1.95 bits per heavy atom. The van der Waals surface area contributed by atoms with Crippen LogP contribution in [0.15, 0.2) is 0 Å². The summed E-state index contributed by atoms with van der Waals surface area (Å²) in [7, 11) is 1.55. The van der Waals surface area contributed by atoms with Gasteiger partial charge in [-0.3, -0.25) is 4.90 Å². The highest BCUT2D eigenvalue weighted by molar-refractivity contribution is 5.85. The average molecular weight is 285 g/mol. The van der Waals surface area contributed by atoms with Crippen LogP contribution in [0.25, 0.3) is 0 Å². The van der Waals surface area contributed by atoms with Crippen molar-refractivity contribution in [1.29, 1.82) is 0 Å². The Hall–Kier alpha value is -1.26. The first-order valence-electron chi connectivity index (χ1n) is 7.35. The van der Waals surface area contributed by atoms with Gasteiger partial charge in [0, 0.05) is 7.05 Å². The van der Waals surface area contributed by atoms with Crippen LogP contribution in [0.3, 0.4) is 0 Å². The van der Waals surface area contributed by atoms with Crippen LogP contribution in [0.2, 0.25) is 0 Å². The minimum Gasteiger partial charge on any atom is -0.479 e. The van der Waals surface area contributed by atoms with E-state index in [1.54, 1.807) is 27.8 Å². The first kappa shape index (κ1) is 16.8. The number of ether oxygens (including phenoxy) is 1. The molecule has 0 aliphatic heterocycles. The second kappa shape index (κ2) is 6.02. The van der Waals surface area contributed by atoms with Crippen LogP contribution >= 0.6 is 0 Å². The lowest BCUT2D eigenvalue weighted by molar-refractivity contribution is -0.157. The maximum absolute atomic E-state index is 12.3. The summed E-state index contributed by atoms with van der Waals surface area (Å²) in [5.74, 6) is -0.941. The molecular formula is C15H27NO4. The molecule has 0 aromatic carbocycles. The second-order valence-corrected chi connectivity index (χ2v) is 6.62. The maximum atomic E-state index is 12.3. The molecule has 20 heavy (non-hydrogen) atoms. The van der Waals surface area contributed by atoms with Crippen LogP contribution in [0.5, 0.6) is 0 Å². The fourth-order valence-electron chi connectivity index (χ4n) is 3.13. The molecule has 1 aliphatic rings. The van der Waals surface area contributed by atoms with Crippen LogP contribution in [-0.2, 0) is 9.53 Å². The zero-order chi connectivity index (χ0) is 15.6. The smallest absolute Gasteiger partial charge is 0.410 e. The van der Waals surface area contributed by atoms with Gasteiger partial charge >= 0.3 is 12.1 Å². The average Bonchev–Trinajstić information content (AvgIpc) is 2.35. The van der Waals surface area contributed by atoms with E-state index in [9.17, 15) is 14.7 Å². The van der Waals surface area contributed by atoms with Crippen molar-refractivity contribution in [3.63, 3.8) is 0 Å². The van der Waals surface area contributed by atoms with Gasteiger partial charge in [-0.25, -0.2) is 9.59 Å². The molecule has 1 fully saturated rings. The summed E-state index contributed by atoms with van der Waals surface area (Å²) in [6.45, 7) is 7.33. The summed E-state index contributed by atoms with van der Waals surface area (Å²) >= 11 is 0. The van der Waals surface area contributed by atoms with Gasteiger partial charge in [0.2, 0.25) is 0 Å². The molecule has 116 valence electrons. The van der Waals surface area contributed by atoms with Gasteiger partial charge in [-0.15, -0.1) is 0 Å². The molecule has 1 aliphatic carbocycles. The van der Waals surface area contributed by atoms with Crippen molar-refractivity contribution in [1.82, 2.24) is 4.90 Å². The van der Waals surface area contributed by atoms with Gasteiger partial charge in [0.15, 0.2) is 0 Å². The first-order valence-corrected chi connectivity index (χ1v) is 7.35. The fraction of sp³-hybridized carbons (Fsp3) is 0.867. The van der Waals surface area contributed by atoms with E-state index in [4.69, 9.17) is 4.74 Å². The van der Waals surface area contributed by atoms with Crippen molar-refractivity contribution in [2.45, 2.75) is 70.9 Å². The van der Waals surface area contributed by atoms with Crippen molar-refractivity contribution >= 4 is 12.1 Å². The van der Waals surface area contributed by atoms with Gasteiger partial charge in [0.25, 0.3) is 0 Å². The van der Waals surface area contributed by atoms with Crippen LogP contribution in [0, 0.1) is 5.92 Å². The van der Waals surface area contributed by atoms with Gasteiger partial charge in [0.05, 0.1) is 0 Å². The van der Waals surface area contributed by atoms with E-state index in [-0.39, 0.29) is 5.92 Å². The standard InChI is InChI=1S/C15H27NO4/c1-6-11-9-7-8-10-15(11,12(17)18)16(5)13(19)20-14(2,3)4/h11H,6-10H2,1-5H3,(H,17,18). The molecule has 1 amide bonds. The van der Waals surface area contributed by atoms with Crippen LogP contribution < -0.4 is 0 Å². The highest BCUT2D eigenvalue weighted by Crippen LogP contribution is 2.40. The summed E-state index contributed by atoms with van der Waals surface area (Å²) in [4.78, 5) is 25.5. The molecule has 0 heterocycles. The van der Waals surface area contributed by atoms with E-state index in [1.807, 2.05) is 6.92 Å². The number of aliphatic carboxylic acids is 1. The Labute approximate surface area is 121 Å². The van der Waals surface area contributed by atoms with E-state index >= 15 is 0 Å². The minimum atomic E-state index is -1.13. The van der Waals surface area contributed by atoms with Crippen molar-refractivity contribution in [3.8, 4) is 0 Å². The van der Waals surface area contributed by atoms with Crippen molar-refractivity contribution in [2.75, 3.05) is 7.05 Å². The van der Waals surface area contributed by atoms with Gasteiger partial charge in [-0.2, -0.15) is 0 Å². The van der Waals surface area contributed by atoms with E-state index in [2.05, 4.69) is 0 Å².